The molecule has 1 aliphatic rings. The van der Waals surface area contributed by atoms with Crippen LogP contribution in [0.1, 0.15) is 33.7 Å². The van der Waals surface area contributed by atoms with E-state index in [0.717, 1.165) is 16.6 Å². The maximum atomic E-state index is 12.2. The van der Waals surface area contributed by atoms with Crippen LogP contribution in [0.4, 0.5) is 5.69 Å². The van der Waals surface area contributed by atoms with Gasteiger partial charge in [-0.2, -0.15) is 0 Å². The number of anilines is 1. The first kappa shape index (κ1) is 20.6. The van der Waals surface area contributed by atoms with Gasteiger partial charge in [-0.25, -0.2) is 0 Å². The van der Waals surface area contributed by atoms with E-state index in [4.69, 9.17) is 0 Å². The van der Waals surface area contributed by atoms with Gasteiger partial charge in [-0.15, -0.1) is 0 Å². The Morgan fingerprint density at radius 3 is 2.41 bits per heavy atom. The molecular weight excluding hydrogens is 442 g/mol. The van der Waals surface area contributed by atoms with Gasteiger partial charge in [0.25, 0.3) is 17.7 Å². The number of aromatic nitrogens is 1. The van der Waals surface area contributed by atoms with Crippen LogP contribution in [0.5, 0.6) is 0 Å². The van der Waals surface area contributed by atoms with Gasteiger partial charge in [-0.05, 0) is 52.7 Å². The fraction of sp³-hybridized carbons (Fsp3) is 0.263. The van der Waals surface area contributed by atoms with Crippen molar-refractivity contribution in [2.45, 2.75) is 12.8 Å². The molecule has 1 saturated heterocycles. The highest BCUT2D eigenvalue weighted by Gasteiger charge is 2.21. The molecule has 0 aliphatic carbocycles. The zero-order valence-corrected chi connectivity index (χ0v) is 17.3. The van der Waals surface area contributed by atoms with E-state index in [-0.39, 0.29) is 12.5 Å². The van der Waals surface area contributed by atoms with Crippen LogP contribution >= 0.6 is 15.9 Å². The molecule has 3 N–H and O–H groups in total. The molecule has 0 atom stereocenters. The summed E-state index contributed by atoms with van der Waals surface area (Å²) in [6.45, 7) is 0.373. The molecule has 2 heterocycles. The minimum atomic E-state index is -0.570. The number of carbonyl (C=O) groups excluding carboxylic acids is 4. The molecule has 4 amide bonds. The summed E-state index contributed by atoms with van der Waals surface area (Å²) in [5, 5.41) is 2.48. The summed E-state index contributed by atoms with van der Waals surface area (Å²) in [6, 6.07) is 8.22. The Balaban J connectivity index is 1.46. The average Bonchev–Trinajstić information content (AvgIpc) is 3.28. The lowest BCUT2D eigenvalue weighted by Gasteiger charge is -2.15. The third-order valence-electron chi connectivity index (χ3n) is 4.44. The van der Waals surface area contributed by atoms with E-state index in [2.05, 4.69) is 32.1 Å². The van der Waals surface area contributed by atoms with Gasteiger partial charge < -0.3 is 14.8 Å². The number of carbonyl (C=O) groups is 4. The summed E-state index contributed by atoms with van der Waals surface area (Å²) in [5.41, 5.74) is 6.01. The van der Waals surface area contributed by atoms with Crippen LogP contribution in [0.25, 0.3) is 0 Å². The van der Waals surface area contributed by atoms with Crippen LogP contribution in [0.15, 0.2) is 41.0 Å². The van der Waals surface area contributed by atoms with Gasteiger partial charge >= 0.3 is 0 Å². The Morgan fingerprint density at radius 2 is 1.83 bits per heavy atom. The van der Waals surface area contributed by atoms with Crippen molar-refractivity contribution in [2.24, 2.45) is 7.05 Å². The minimum absolute atomic E-state index is 0.0728. The van der Waals surface area contributed by atoms with E-state index in [9.17, 15) is 19.2 Å². The van der Waals surface area contributed by atoms with E-state index in [1.807, 2.05) is 0 Å². The Labute approximate surface area is 175 Å². The molecule has 1 aromatic carbocycles. The van der Waals surface area contributed by atoms with Gasteiger partial charge in [0.15, 0.2) is 0 Å². The number of nitrogens with zero attached hydrogens (tertiary/aromatic N) is 2. The summed E-state index contributed by atoms with van der Waals surface area (Å²) in [6.07, 6.45) is 3.07. The number of benzene rings is 1. The van der Waals surface area contributed by atoms with Crippen molar-refractivity contribution in [3.05, 3.63) is 52.3 Å². The van der Waals surface area contributed by atoms with Gasteiger partial charge in [0, 0.05) is 41.9 Å². The second-order valence-electron chi connectivity index (χ2n) is 6.54. The number of rotatable bonds is 5. The molecule has 1 aromatic heterocycles. The summed E-state index contributed by atoms with van der Waals surface area (Å²) >= 11 is 3.27. The first-order valence-electron chi connectivity index (χ1n) is 8.95. The average molecular weight is 462 g/mol. The van der Waals surface area contributed by atoms with E-state index in [0.29, 0.717) is 24.2 Å². The molecule has 0 bridgehead atoms. The quantitative estimate of drug-likeness (QED) is 0.578. The zero-order chi connectivity index (χ0) is 21.0. The number of hydrazine groups is 1. The van der Waals surface area contributed by atoms with Crippen molar-refractivity contribution in [1.82, 2.24) is 20.7 Å². The maximum Gasteiger partial charge on any atom is 0.286 e. The number of amides is 4. The third-order valence-corrected chi connectivity index (χ3v) is 4.88. The van der Waals surface area contributed by atoms with Crippen molar-refractivity contribution in [3.8, 4) is 0 Å². The summed E-state index contributed by atoms with van der Waals surface area (Å²) in [5.74, 6) is -1.41. The first-order chi connectivity index (χ1) is 13.8. The smallest absolute Gasteiger partial charge is 0.286 e. The molecule has 9 nitrogen and oxygen atoms in total. The van der Waals surface area contributed by atoms with Crippen LogP contribution < -0.4 is 21.1 Å². The first-order valence-corrected chi connectivity index (χ1v) is 9.74. The number of hydrogen-bond acceptors (Lipinski definition) is 4. The molecule has 10 heteroatoms. The largest absolute Gasteiger partial charge is 0.345 e. The fourth-order valence-corrected chi connectivity index (χ4v) is 3.49. The number of hydrogen-bond donors (Lipinski definition) is 3. The fourth-order valence-electron chi connectivity index (χ4n) is 2.96. The van der Waals surface area contributed by atoms with Crippen LogP contribution in [-0.4, -0.2) is 41.3 Å². The Kier molecular flexibility index (Phi) is 6.32. The lowest BCUT2D eigenvalue weighted by molar-refractivity contribution is -0.121. The van der Waals surface area contributed by atoms with Crippen molar-refractivity contribution >= 4 is 45.2 Å². The van der Waals surface area contributed by atoms with Crippen molar-refractivity contribution < 1.29 is 19.2 Å². The van der Waals surface area contributed by atoms with E-state index in [1.165, 1.54) is 0 Å². The van der Waals surface area contributed by atoms with E-state index >= 15 is 0 Å². The second kappa shape index (κ2) is 8.91. The number of nitrogens with one attached hydrogen (secondary N) is 3. The van der Waals surface area contributed by atoms with Crippen LogP contribution in [0.2, 0.25) is 0 Å². The van der Waals surface area contributed by atoms with Gasteiger partial charge in [-0.3, -0.25) is 30.0 Å². The normalized spacial score (nSPS) is 13.3. The Bertz CT molecular complexity index is 954. The summed E-state index contributed by atoms with van der Waals surface area (Å²) in [7, 11) is 1.70. The van der Waals surface area contributed by atoms with Crippen LogP contribution in [-0.2, 0) is 16.6 Å². The molecule has 152 valence electrons. The Hall–Kier alpha value is -3.14. The molecule has 29 heavy (non-hydrogen) atoms. The molecular formula is C19H20BrN5O4. The van der Waals surface area contributed by atoms with Crippen molar-refractivity contribution in [2.75, 3.05) is 18.0 Å². The highest BCUT2D eigenvalue weighted by Crippen LogP contribution is 2.21. The van der Waals surface area contributed by atoms with Gasteiger partial charge in [0.05, 0.1) is 6.54 Å². The third kappa shape index (κ3) is 5.02. The molecule has 0 unspecified atom stereocenters. The maximum absolute atomic E-state index is 12.2. The van der Waals surface area contributed by atoms with Crippen LogP contribution in [0, 0.1) is 0 Å². The molecule has 0 saturated carbocycles. The van der Waals surface area contributed by atoms with Gasteiger partial charge in [-0.1, -0.05) is 0 Å². The van der Waals surface area contributed by atoms with E-state index in [1.54, 1.807) is 53.0 Å². The molecule has 0 spiro atoms. The minimum Gasteiger partial charge on any atom is -0.345 e. The predicted molar refractivity (Wildman–Crippen MR) is 109 cm³/mol. The number of aryl methyl sites for hydroxylation is 1. The monoisotopic (exact) mass is 461 g/mol. The van der Waals surface area contributed by atoms with Gasteiger partial charge in [0.2, 0.25) is 5.91 Å². The van der Waals surface area contributed by atoms with Crippen molar-refractivity contribution in [3.63, 3.8) is 0 Å². The zero-order valence-electron chi connectivity index (χ0n) is 15.7. The molecule has 1 fully saturated rings. The standard InChI is InChI=1S/C19H20BrN5O4/c1-24-11-13(20)9-15(24)19(29)23-22-16(26)10-21-18(28)12-4-6-14(7-5-12)25-8-2-3-17(25)27/h4-7,9,11H,2-3,8,10H2,1H3,(H,21,28)(H,22,26)(H,23,29). The summed E-state index contributed by atoms with van der Waals surface area (Å²) in [4.78, 5) is 49.5. The highest BCUT2D eigenvalue weighted by atomic mass is 79.9. The topological polar surface area (TPSA) is 113 Å². The van der Waals surface area contributed by atoms with Crippen LogP contribution in [0.3, 0.4) is 0 Å². The SMILES string of the molecule is Cn1cc(Br)cc1C(=O)NNC(=O)CNC(=O)c1ccc(N2CCCC2=O)cc1. The van der Waals surface area contributed by atoms with Crippen molar-refractivity contribution in [1.29, 1.82) is 0 Å². The molecule has 1 aliphatic heterocycles. The molecule has 2 aromatic rings. The predicted octanol–water partition coefficient (Wildman–Crippen LogP) is 1.11. The van der Waals surface area contributed by atoms with Gasteiger partial charge in [0.1, 0.15) is 5.69 Å². The Morgan fingerprint density at radius 1 is 1.10 bits per heavy atom. The lowest BCUT2D eigenvalue weighted by atomic mass is 10.2. The molecule has 0 radical (unpaired) electrons. The lowest BCUT2D eigenvalue weighted by Crippen LogP contribution is -2.46. The molecule has 3 rings (SSSR count). The second-order valence-corrected chi connectivity index (χ2v) is 7.45. The highest BCUT2D eigenvalue weighted by molar-refractivity contribution is 9.10. The van der Waals surface area contributed by atoms with E-state index < -0.39 is 17.7 Å². The number of halogens is 1. The summed E-state index contributed by atoms with van der Waals surface area (Å²) < 4.78 is 2.34.